The number of carbonyl (C=O) groups excluding carboxylic acids is 1. The van der Waals surface area contributed by atoms with E-state index in [1.54, 1.807) is 25.1 Å². The van der Waals surface area contributed by atoms with Crippen molar-refractivity contribution in [2.45, 2.75) is 13.0 Å². The fraction of sp³-hybridized carbons (Fsp3) is 0.136. The number of carbonyl (C=O) groups is 2. The Kier molecular flexibility index (Phi) is 6.82. The van der Waals surface area contributed by atoms with Gasteiger partial charge in [-0.05, 0) is 49.4 Å². The minimum Gasteiger partial charge on any atom is -0.495 e. The Morgan fingerprint density at radius 1 is 1.13 bits per heavy atom. The molecule has 0 bridgehead atoms. The molecule has 1 unspecified atom stereocenters. The second-order valence-electron chi connectivity index (χ2n) is 6.67. The van der Waals surface area contributed by atoms with Crippen molar-refractivity contribution in [3.05, 3.63) is 80.1 Å². The van der Waals surface area contributed by atoms with Crippen molar-refractivity contribution in [1.82, 2.24) is 4.57 Å². The molecule has 31 heavy (non-hydrogen) atoms. The van der Waals surface area contributed by atoms with Crippen LogP contribution < -0.4 is 15.6 Å². The summed E-state index contributed by atoms with van der Waals surface area (Å²) in [6.07, 6.45) is 1.47. The third-order valence-electron chi connectivity index (χ3n) is 4.68. The maximum Gasteiger partial charge on any atom is 0.335 e. The minimum absolute atomic E-state index is 0.106. The third kappa shape index (κ3) is 4.98. The highest BCUT2D eigenvalue weighted by Gasteiger charge is 2.20. The van der Waals surface area contributed by atoms with Crippen LogP contribution in [0.5, 0.6) is 5.75 Å². The van der Waals surface area contributed by atoms with Gasteiger partial charge in [-0.15, -0.1) is 0 Å². The number of hydrogen-bond donors (Lipinski definition) is 2. The molecule has 2 aromatic carbocycles. The SMILES string of the molecule is COc1cn(C(C)C(=O)Nc2ccc(C(=O)O)cc2)c(=O)cc1-c1cc(Cl)ccc1Br. The van der Waals surface area contributed by atoms with Crippen LogP contribution in [0.3, 0.4) is 0 Å². The summed E-state index contributed by atoms with van der Waals surface area (Å²) in [6.45, 7) is 1.58. The molecule has 160 valence electrons. The number of pyridine rings is 1. The predicted octanol–water partition coefficient (Wildman–Crippen LogP) is 4.84. The van der Waals surface area contributed by atoms with Gasteiger partial charge < -0.3 is 15.2 Å². The Hall–Kier alpha value is -3.10. The summed E-state index contributed by atoms with van der Waals surface area (Å²) in [6, 6.07) is 11.5. The van der Waals surface area contributed by atoms with Crippen LogP contribution in [0.15, 0.2) is 64.0 Å². The molecular formula is C22H18BrClN2O5. The zero-order chi connectivity index (χ0) is 22.7. The van der Waals surface area contributed by atoms with E-state index in [-0.39, 0.29) is 5.56 Å². The van der Waals surface area contributed by atoms with Gasteiger partial charge in [0.2, 0.25) is 5.91 Å². The van der Waals surface area contributed by atoms with Gasteiger partial charge in [0.1, 0.15) is 11.8 Å². The zero-order valence-electron chi connectivity index (χ0n) is 16.6. The highest BCUT2D eigenvalue weighted by molar-refractivity contribution is 9.10. The van der Waals surface area contributed by atoms with Crippen molar-refractivity contribution in [3.63, 3.8) is 0 Å². The molecule has 7 nitrogen and oxygen atoms in total. The van der Waals surface area contributed by atoms with Crippen LogP contribution in [0.2, 0.25) is 5.02 Å². The van der Waals surface area contributed by atoms with E-state index >= 15 is 0 Å². The largest absolute Gasteiger partial charge is 0.495 e. The fourth-order valence-electron chi connectivity index (χ4n) is 2.98. The second kappa shape index (κ2) is 9.36. The lowest BCUT2D eigenvalue weighted by Gasteiger charge is -2.18. The number of nitrogens with zero attached hydrogens (tertiary/aromatic N) is 1. The van der Waals surface area contributed by atoms with Gasteiger partial charge in [-0.25, -0.2) is 4.79 Å². The van der Waals surface area contributed by atoms with E-state index in [1.807, 2.05) is 0 Å². The van der Waals surface area contributed by atoms with E-state index in [2.05, 4.69) is 21.2 Å². The van der Waals surface area contributed by atoms with Crippen molar-refractivity contribution in [3.8, 4) is 16.9 Å². The number of nitrogens with one attached hydrogen (secondary N) is 1. The summed E-state index contributed by atoms with van der Waals surface area (Å²) in [4.78, 5) is 36.4. The van der Waals surface area contributed by atoms with Crippen molar-refractivity contribution in [1.29, 1.82) is 0 Å². The molecule has 0 saturated carbocycles. The molecule has 0 aliphatic rings. The van der Waals surface area contributed by atoms with E-state index in [1.165, 1.54) is 48.2 Å². The van der Waals surface area contributed by atoms with Crippen LogP contribution in [0.4, 0.5) is 5.69 Å². The molecule has 9 heteroatoms. The Labute approximate surface area is 191 Å². The molecule has 0 saturated heterocycles. The Morgan fingerprint density at radius 3 is 2.42 bits per heavy atom. The van der Waals surface area contributed by atoms with E-state index in [4.69, 9.17) is 21.4 Å². The molecule has 3 aromatic rings. The molecular weight excluding hydrogens is 488 g/mol. The van der Waals surface area contributed by atoms with E-state index in [0.29, 0.717) is 27.6 Å². The van der Waals surface area contributed by atoms with Gasteiger partial charge in [0.15, 0.2) is 0 Å². The van der Waals surface area contributed by atoms with Crippen molar-refractivity contribution in [2.24, 2.45) is 0 Å². The average molecular weight is 506 g/mol. The number of benzene rings is 2. The molecule has 0 aliphatic carbocycles. The van der Waals surface area contributed by atoms with Gasteiger partial charge in [-0.2, -0.15) is 0 Å². The number of anilines is 1. The molecule has 0 radical (unpaired) electrons. The minimum atomic E-state index is -1.06. The first-order valence-electron chi connectivity index (χ1n) is 9.11. The molecule has 3 rings (SSSR count). The number of methoxy groups -OCH3 is 1. The standard InChI is InChI=1S/C22H18BrClN2O5/c1-12(21(28)25-15-6-3-13(4-7-15)22(29)30)26-11-19(31-2)17(10-20(26)27)16-9-14(24)5-8-18(16)23/h3-12H,1-2H3,(H,25,28)(H,29,30). The smallest absolute Gasteiger partial charge is 0.335 e. The molecule has 1 amide bonds. The number of amides is 1. The molecule has 0 fully saturated rings. The number of aromatic nitrogens is 1. The lowest BCUT2D eigenvalue weighted by atomic mass is 10.1. The molecule has 0 spiro atoms. The lowest BCUT2D eigenvalue weighted by Crippen LogP contribution is -2.31. The van der Waals surface area contributed by atoms with E-state index < -0.39 is 23.5 Å². The molecule has 0 aliphatic heterocycles. The molecule has 2 N–H and O–H groups in total. The van der Waals surface area contributed by atoms with Crippen molar-refractivity contribution in [2.75, 3.05) is 12.4 Å². The zero-order valence-corrected chi connectivity index (χ0v) is 18.9. The number of ether oxygens (including phenoxy) is 1. The number of rotatable bonds is 6. The number of carboxylic acids is 1. The van der Waals surface area contributed by atoms with Gasteiger partial charge in [0, 0.05) is 32.4 Å². The highest BCUT2D eigenvalue weighted by atomic mass is 79.9. The summed E-state index contributed by atoms with van der Waals surface area (Å²) < 4.78 is 7.47. The maximum absolute atomic E-state index is 12.8. The van der Waals surface area contributed by atoms with Gasteiger partial charge in [-0.3, -0.25) is 14.2 Å². The summed E-state index contributed by atoms with van der Waals surface area (Å²) >= 11 is 9.55. The lowest BCUT2D eigenvalue weighted by molar-refractivity contribution is -0.118. The summed E-state index contributed by atoms with van der Waals surface area (Å²) in [5.41, 5.74) is 1.35. The van der Waals surface area contributed by atoms with Crippen LogP contribution in [-0.4, -0.2) is 28.7 Å². The fourth-order valence-corrected chi connectivity index (χ4v) is 3.61. The number of halogens is 2. The number of carboxylic acid groups (broad SMARTS) is 1. The normalized spacial score (nSPS) is 11.6. The van der Waals surface area contributed by atoms with Crippen molar-refractivity contribution >= 4 is 45.1 Å². The van der Waals surface area contributed by atoms with E-state index in [0.717, 1.165) is 4.47 Å². The van der Waals surface area contributed by atoms with E-state index in [9.17, 15) is 14.4 Å². The van der Waals surface area contributed by atoms with Crippen molar-refractivity contribution < 1.29 is 19.4 Å². The molecule has 1 aromatic heterocycles. The first kappa shape index (κ1) is 22.6. The van der Waals surface area contributed by atoms with Gasteiger partial charge in [0.25, 0.3) is 5.56 Å². The number of hydrogen-bond acceptors (Lipinski definition) is 4. The topological polar surface area (TPSA) is 97.6 Å². The highest BCUT2D eigenvalue weighted by Crippen LogP contribution is 2.36. The Balaban J connectivity index is 1.91. The van der Waals surface area contributed by atoms with Crippen LogP contribution in [0, 0.1) is 0 Å². The van der Waals surface area contributed by atoms with Crippen LogP contribution >= 0.6 is 27.5 Å². The quantitative estimate of drug-likeness (QED) is 0.500. The first-order chi connectivity index (χ1) is 14.7. The van der Waals surface area contributed by atoms with Crippen LogP contribution in [0.25, 0.3) is 11.1 Å². The summed E-state index contributed by atoms with van der Waals surface area (Å²) in [5, 5.41) is 12.1. The van der Waals surface area contributed by atoms with Crippen LogP contribution in [0.1, 0.15) is 23.3 Å². The van der Waals surface area contributed by atoms with Gasteiger partial charge in [-0.1, -0.05) is 27.5 Å². The maximum atomic E-state index is 12.8. The second-order valence-corrected chi connectivity index (χ2v) is 7.96. The number of aromatic carboxylic acids is 1. The molecule has 1 heterocycles. The summed E-state index contributed by atoms with van der Waals surface area (Å²) in [7, 11) is 1.47. The Bertz CT molecular complexity index is 1210. The predicted molar refractivity (Wildman–Crippen MR) is 122 cm³/mol. The van der Waals surface area contributed by atoms with Gasteiger partial charge >= 0.3 is 5.97 Å². The van der Waals surface area contributed by atoms with Crippen LogP contribution in [-0.2, 0) is 4.79 Å². The summed E-state index contributed by atoms with van der Waals surface area (Å²) in [5.74, 6) is -1.10. The third-order valence-corrected chi connectivity index (χ3v) is 5.61. The average Bonchev–Trinajstić information content (AvgIpc) is 2.75. The van der Waals surface area contributed by atoms with Gasteiger partial charge in [0.05, 0.1) is 18.9 Å². The Morgan fingerprint density at radius 2 is 1.81 bits per heavy atom. The monoisotopic (exact) mass is 504 g/mol. The first-order valence-corrected chi connectivity index (χ1v) is 10.3. The molecule has 1 atom stereocenters.